The number of ether oxygens (including phenoxy) is 1. The lowest BCUT2D eigenvalue weighted by molar-refractivity contribution is 0.272. The highest BCUT2D eigenvalue weighted by Gasteiger charge is 2.18. The summed E-state index contributed by atoms with van der Waals surface area (Å²) in [5.74, 6) is 0.538. The van der Waals surface area contributed by atoms with Crippen LogP contribution in [0.4, 0.5) is 0 Å². The first-order valence-corrected chi connectivity index (χ1v) is 7.47. The minimum Gasteiger partial charge on any atom is -0.458 e. The van der Waals surface area contributed by atoms with Crippen LogP contribution in [-0.4, -0.2) is 34.7 Å². The van der Waals surface area contributed by atoms with Crippen LogP contribution in [0.25, 0.3) is 17.0 Å². The number of imidazole rings is 1. The van der Waals surface area contributed by atoms with Crippen molar-refractivity contribution in [1.29, 1.82) is 0 Å². The van der Waals surface area contributed by atoms with Gasteiger partial charge in [0, 0.05) is 13.2 Å². The Morgan fingerprint density at radius 2 is 2.04 bits per heavy atom. The van der Waals surface area contributed by atoms with Crippen LogP contribution in [0.2, 0.25) is 0 Å². The molecule has 0 spiro atoms. The van der Waals surface area contributed by atoms with Gasteiger partial charge < -0.3 is 4.74 Å². The largest absolute Gasteiger partial charge is 0.458 e. The summed E-state index contributed by atoms with van der Waals surface area (Å²) >= 11 is 0. The van der Waals surface area contributed by atoms with Crippen LogP contribution in [-0.2, 0) is 13.7 Å². The number of benzene rings is 1. The molecule has 0 N–H and O–H groups in total. The third kappa shape index (κ3) is 2.47. The number of aryl methyl sites for hydroxylation is 2. The Morgan fingerprint density at radius 3 is 2.83 bits per heavy atom. The molecule has 0 aliphatic carbocycles. The topological polar surface area (TPSA) is 83.5 Å². The molecular formula is C16H15N7O. The van der Waals surface area contributed by atoms with Crippen molar-refractivity contribution in [2.24, 2.45) is 7.05 Å². The van der Waals surface area contributed by atoms with Gasteiger partial charge in [-0.15, -0.1) is 0 Å². The number of fused-ring (bicyclic) bond motifs is 1. The zero-order chi connectivity index (χ0) is 16.5. The molecule has 0 saturated carbocycles. The van der Waals surface area contributed by atoms with Crippen LogP contribution in [0.1, 0.15) is 11.3 Å². The van der Waals surface area contributed by atoms with Crippen molar-refractivity contribution < 1.29 is 4.74 Å². The van der Waals surface area contributed by atoms with Gasteiger partial charge in [-0.05, 0) is 47.2 Å². The zero-order valence-corrected chi connectivity index (χ0v) is 13.3. The molecule has 0 amide bonds. The van der Waals surface area contributed by atoms with Crippen molar-refractivity contribution in [2.75, 3.05) is 0 Å². The number of tetrazole rings is 1. The summed E-state index contributed by atoms with van der Waals surface area (Å²) in [5, 5.41) is 11.7. The number of aromatic nitrogens is 7. The first kappa shape index (κ1) is 14.3. The fourth-order valence-corrected chi connectivity index (χ4v) is 2.52. The van der Waals surface area contributed by atoms with E-state index < -0.39 is 0 Å². The normalized spacial score (nSPS) is 11.1. The maximum atomic E-state index is 5.92. The van der Waals surface area contributed by atoms with Crippen molar-refractivity contribution in [3.8, 4) is 12.0 Å². The molecule has 0 fully saturated rings. The van der Waals surface area contributed by atoms with Gasteiger partial charge in [0.15, 0.2) is 0 Å². The van der Waals surface area contributed by atoms with Gasteiger partial charge in [-0.1, -0.05) is 17.2 Å². The molecule has 3 heterocycles. The van der Waals surface area contributed by atoms with Crippen LogP contribution < -0.4 is 4.74 Å². The first-order valence-electron chi connectivity index (χ1n) is 7.47. The molecule has 120 valence electrons. The summed E-state index contributed by atoms with van der Waals surface area (Å²) in [7, 11) is 1.77. The number of nitrogens with zero attached hydrogens (tertiary/aromatic N) is 7. The zero-order valence-electron chi connectivity index (χ0n) is 13.3. The highest BCUT2D eigenvalue weighted by Crippen LogP contribution is 2.25. The van der Waals surface area contributed by atoms with Gasteiger partial charge in [0.25, 0.3) is 5.95 Å². The van der Waals surface area contributed by atoms with Gasteiger partial charge in [-0.3, -0.25) is 4.98 Å². The first-order chi connectivity index (χ1) is 11.7. The number of hydrogen-bond acceptors (Lipinski definition) is 6. The summed E-state index contributed by atoms with van der Waals surface area (Å²) in [5.41, 5.74) is 3.66. The molecule has 0 saturated heterocycles. The average molecular weight is 321 g/mol. The molecule has 1 aromatic carbocycles. The Morgan fingerprint density at radius 1 is 1.17 bits per heavy atom. The van der Waals surface area contributed by atoms with E-state index >= 15 is 0 Å². The molecule has 0 bridgehead atoms. The lowest BCUT2D eigenvalue weighted by Gasteiger charge is -2.08. The predicted molar refractivity (Wildman–Crippen MR) is 86.7 cm³/mol. The third-order valence-corrected chi connectivity index (χ3v) is 3.65. The number of para-hydroxylation sites is 2. The second kappa shape index (κ2) is 5.73. The number of rotatable bonds is 4. The maximum Gasteiger partial charge on any atom is 0.305 e. The summed E-state index contributed by atoms with van der Waals surface area (Å²) in [4.78, 5) is 8.86. The fourth-order valence-electron chi connectivity index (χ4n) is 2.52. The Bertz CT molecular complexity index is 1000. The average Bonchev–Trinajstić information content (AvgIpc) is 3.15. The molecule has 4 aromatic rings. The van der Waals surface area contributed by atoms with Crippen LogP contribution in [0, 0.1) is 6.92 Å². The van der Waals surface area contributed by atoms with Crippen LogP contribution >= 0.6 is 0 Å². The summed E-state index contributed by atoms with van der Waals surface area (Å²) in [6.45, 7) is 2.34. The highest BCUT2D eigenvalue weighted by molar-refractivity contribution is 5.78. The van der Waals surface area contributed by atoms with Gasteiger partial charge in [0.05, 0.1) is 16.7 Å². The van der Waals surface area contributed by atoms with E-state index in [4.69, 9.17) is 4.74 Å². The van der Waals surface area contributed by atoms with Crippen LogP contribution in [0.15, 0.2) is 42.6 Å². The van der Waals surface area contributed by atoms with Gasteiger partial charge in [-0.25, -0.2) is 9.25 Å². The maximum absolute atomic E-state index is 5.92. The number of pyridine rings is 1. The van der Waals surface area contributed by atoms with Crippen molar-refractivity contribution >= 4 is 11.0 Å². The van der Waals surface area contributed by atoms with Crippen molar-refractivity contribution in [2.45, 2.75) is 13.5 Å². The molecule has 0 atom stereocenters. The lowest BCUT2D eigenvalue weighted by Crippen LogP contribution is -2.08. The van der Waals surface area contributed by atoms with Crippen molar-refractivity contribution in [1.82, 2.24) is 34.7 Å². The predicted octanol–water partition coefficient (Wildman–Crippen LogP) is 1.83. The Labute approximate surface area is 137 Å². The van der Waals surface area contributed by atoms with Crippen LogP contribution in [0.3, 0.4) is 0 Å². The fraction of sp³-hybridized carbons (Fsp3) is 0.188. The standard InChI is InChI=1S/C16H15N7O/c1-11-7-8-17-12(9-11)10-24-16-18-13-5-3-4-6-14(13)23(16)15-19-20-21-22(15)2/h3-9H,10H2,1-2H3. The highest BCUT2D eigenvalue weighted by atomic mass is 16.5. The molecule has 0 radical (unpaired) electrons. The summed E-state index contributed by atoms with van der Waals surface area (Å²) in [6, 6.07) is 12.1. The molecule has 24 heavy (non-hydrogen) atoms. The summed E-state index contributed by atoms with van der Waals surface area (Å²) in [6.07, 6.45) is 1.77. The quantitative estimate of drug-likeness (QED) is 0.570. The van der Waals surface area contributed by atoms with E-state index in [1.807, 2.05) is 43.3 Å². The lowest BCUT2D eigenvalue weighted by atomic mass is 10.2. The van der Waals surface area contributed by atoms with Crippen LogP contribution in [0.5, 0.6) is 6.01 Å². The molecule has 0 unspecified atom stereocenters. The molecular weight excluding hydrogens is 306 g/mol. The van der Waals surface area contributed by atoms with E-state index in [2.05, 4.69) is 25.5 Å². The van der Waals surface area contributed by atoms with Gasteiger partial charge in [-0.2, -0.15) is 4.98 Å². The van der Waals surface area contributed by atoms with E-state index in [-0.39, 0.29) is 0 Å². The Hall–Kier alpha value is -3.29. The molecule has 8 nitrogen and oxygen atoms in total. The second-order valence-electron chi connectivity index (χ2n) is 5.43. The Balaban J connectivity index is 1.76. The van der Waals surface area contributed by atoms with E-state index in [9.17, 15) is 0 Å². The monoisotopic (exact) mass is 321 g/mol. The molecule has 0 aliphatic heterocycles. The molecule has 4 rings (SSSR count). The van der Waals surface area contributed by atoms with Crippen molar-refractivity contribution in [3.05, 3.63) is 53.9 Å². The minimum atomic E-state index is 0.316. The third-order valence-electron chi connectivity index (χ3n) is 3.65. The van der Waals surface area contributed by atoms with E-state index in [0.717, 1.165) is 22.3 Å². The minimum absolute atomic E-state index is 0.316. The second-order valence-corrected chi connectivity index (χ2v) is 5.43. The number of hydrogen-bond donors (Lipinski definition) is 0. The Kier molecular flexibility index (Phi) is 3.42. The van der Waals surface area contributed by atoms with Crippen molar-refractivity contribution in [3.63, 3.8) is 0 Å². The van der Waals surface area contributed by atoms with Gasteiger partial charge in [0.2, 0.25) is 0 Å². The molecule has 3 aromatic heterocycles. The van der Waals surface area contributed by atoms with Gasteiger partial charge in [0.1, 0.15) is 6.61 Å². The summed E-state index contributed by atoms with van der Waals surface area (Å²) < 4.78 is 9.29. The molecule has 8 heteroatoms. The molecule has 0 aliphatic rings. The SMILES string of the molecule is Cc1ccnc(COc2nc3ccccc3n2-c2nnnn2C)c1. The van der Waals surface area contributed by atoms with E-state index in [1.165, 1.54) is 0 Å². The van der Waals surface area contributed by atoms with Gasteiger partial charge >= 0.3 is 6.01 Å². The smallest absolute Gasteiger partial charge is 0.305 e. The van der Waals surface area contributed by atoms with E-state index in [0.29, 0.717) is 18.6 Å². The van der Waals surface area contributed by atoms with E-state index in [1.54, 1.807) is 22.5 Å².